The molecule has 35 heavy (non-hydrogen) atoms. The molecule has 3 aromatic heterocycles. The Hall–Kier alpha value is -3.40. The van der Waals surface area contributed by atoms with Gasteiger partial charge in [0.1, 0.15) is 21.5 Å². The molecule has 0 N–H and O–H groups in total. The second kappa shape index (κ2) is 8.37. The van der Waals surface area contributed by atoms with Gasteiger partial charge in [-0.25, -0.2) is 24.1 Å². The summed E-state index contributed by atoms with van der Waals surface area (Å²) in [7, 11) is 2.89. The Morgan fingerprint density at radius 3 is 2.46 bits per heavy atom. The molecule has 0 atom stereocenters. The minimum Gasteiger partial charge on any atom is -0.494 e. The monoisotopic (exact) mass is 540 g/mol. The quantitative estimate of drug-likeness (QED) is 0.241. The number of aromatic nitrogens is 4. The first-order chi connectivity index (χ1) is 16.6. The van der Waals surface area contributed by atoms with Gasteiger partial charge in [-0.1, -0.05) is 0 Å². The topological polar surface area (TPSA) is 97.5 Å². The summed E-state index contributed by atoms with van der Waals surface area (Å²) in [5.41, 5.74) is 1.97. The molecule has 5 rings (SSSR count). The van der Waals surface area contributed by atoms with E-state index in [0.29, 0.717) is 38.6 Å². The molecule has 182 valence electrons. The molecule has 1 aromatic carbocycles. The van der Waals surface area contributed by atoms with Crippen LogP contribution in [0, 0.1) is 0 Å². The zero-order valence-corrected chi connectivity index (χ0v) is 21.7. The highest BCUT2D eigenvalue weighted by molar-refractivity contribution is 9.10. The first-order valence-electron chi connectivity index (χ1n) is 11.2. The first-order valence-corrected chi connectivity index (χ1v) is 12.0. The summed E-state index contributed by atoms with van der Waals surface area (Å²) < 4.78 is 20.4. The molecule has 0 unspecified atom stereocenters. The molecule has 0 bridgehead atoms. The maximum absolute atomic E-state index is 13.4. The zero-order valence-electron chi connectivity index (χ0n) is 20.1. The number of nitrogens with zero attached hydrogens (tertiary/aromatic N) is 4. The number of halogens is 1. The third-order valence-electron chi connectivity index (χ3n) is 5.72. The Labute approximate surface area is 210 Å². The van der Waals surface area contributed by atoms with E-state index in [4.69, 9.17) is 19.2 Å². The van der Waals surface area contributed by atoms with Gasteiger partial charge in [0.15, 0.2) is 11.5 Å². The van der Waals surface area contributed by atoms with Crippen LogP contribution < -0.4 is 4.74 Å². The lowest BCUT2D eigenvalue weighted by Gasteiger charge is -2.21. The van der Waals surface area contributed by atoms with E-state index in [1.165, 1.54) is 11.7 Å². The summed E-state index contributed by atoms with van der Waals surface area (Å²) in [5, 5.41) is 0.769. The van der Waals surface area contributed by atoms with Gasteiger partial charge in [-0.3, -0.25) is 0 Å². The fourth-order valence-electron chi connectivity index (χ4n) is 4.17. The summed E-state index contributed by atoms with van der Waals surface area (Å²) in [6.45, 7) is 5.45. The molecular formula is C25H25BrN4O5. The fraction of sp³-hybridized carbons (Fsp3) is 0.360. The first kappa shape index (κ1) is 23.3. The smallest absolute Gasteiger partial charge is 0.420 e. The van der Waals surface area contributed by atoms with Crippen molar-refractivity contribution in [1.82, 2.24) is 19.1 Å². The van der Waals surface area contributed by atoms with Gasteiger partial charge >= 0.3 is 12.1 Å². The summed E-state index contributed by atoms with van der Waals surface area (Å²) in [6, 6.07) is 9.12. The summed E-state index contributed by atoms with van der Waals surface area (Å²) in [6.07, 6.45) is 1.39. The lowest BCUT2D eigenvalue weighted by Crippen LogP contribution is -2.27. The van der Waals surface area contributed by atoms with Gasteiger partial charge in [-0.05, 0) is 79.9 Å². The molecule has 0 radical (unpaired) electrons. The average Bonchev–Trinajstić information content (AvgIpc) is 3.46. The number of imidazole rings is 1. The van der Waals surface area contributed by atoms with Gasteiger partial charge in [0.05, 0.1) is 31.0 Å². The number of hydrogen-bond donors (Lipinski definition) is 0. The fourth-order valence-corrected chi connectivity index (χ4v) is 4.47. The van der Waals surface area contributed by atoms with Crippen molar-refractivity contribution in [2.75, 3.05) is 14.2 Å². The van der Waals surface area contributed by atoms with E-state index in [1.54, 1.807) is 19.2 Å². The second-order valence-corrected chi connectivity index (χ2v) is 10.3. The van der Waals surface area contributed by atoms with Crippen LogP contribution in [0.5, 0.6) is 5.75 Å². The second-order valence-electron chi connectivity index (χ2n) is 9.47. The van der Waals surface area contributed by atoms with Crippen molar-refractivity contribution in [3.8, 4) is 17.3 Å². The number of pyridine rings is 1. The Kier molecular flexibility index (Phi) is 5.58. The van der Waals surface area contributed by atoms with Crippen LogP contribution in [0.25, 0.3) is 33.6 Å². The van der Waals surface area contributed by atoms with E-state index < -0.39 is 17.7 Å². The maximum Gasteiger partial charge on any atom is 0.420 e. The van der Waals surface area contributed by atoms with Crippen LogP contribution in [-0.4, -0.2) is 51.0 Å². The highest BCUT2D eigenvalue weighted by Crippen LogP contribution is 2.44. The van der Waals surface area contributed by atoms with E-state index in [2.05, 4.69) is 25.5 Å². The minimum atomic E-state index is -0.702. The van der Waals surface area contributed by atoms with Crippen molar-refractivity contribution in [3.05, 3.63) is 40.5 Å². The molecule has 0 saturated heterocycles. The van der Waals surface area contributed by atoms with Gasteiger partial charge < -0.3 is 18.8 Å². The van der Waals surface area contributed by atoms with Crippen molar-refractivity contribution in [1.29, 1.82) is 0 Å². The SMILES string of the molecule is COC(=O)c1cc(OC)c2c(c1)nc(-c1cc3ccc(Br)nc3n1C(=O)OC(C)(C)C)n2C1CC1. The Bertz CT molecular complexity index is 1490. The van der Waals surface area contributed by atoms with E-state index in [-0.39, 0.29) is 6.04 Å². The number of ether oxygens (including phenoxy) is 3. The number of methoxy groups -OCH3 is 2. The van der Waals surface area contributed by atoms with Gasteiger partial charge in [0, 0.05) is 11.4 Å². The highest BCUT2D eigenvalue weighted by Gasteiger charge is 2.34. The molecule has 0 aliphatic heterocycles. The number of benzene rings is 1. The van der Waals surface area contributed by atoms with Crippen LogP contribution in [0.3, 0.4) is 0 Å². The van der Waals surface area contributed by atoms with Crippen LogP contribution in [-0.2, 0) is 9.47 Å². The van der Waals surface area contributed by atoms with Gasteiger partial charge in [-0.2, -0.15) is 0 Å². The molecule has 1 aliphatic carbocycles. The largest absolute Gasteiger partial charge is 0.494 e. The zero-order chi connectivity index (χ0) is 25.1. The lowest BCUT2D eigenvalue weighted by molar-refractivity contribution is 0.0544. The standard InChI is InChI=1S/C25H25BrN4O5/c1-25(2,3)35-24(32)30-17(11-13-6-9-19(26)28-21(13)30)22-27-16-10-14(23(31)34-5)12-18(33-4)20(16)29(22)15-7-8-15/h6,9-12,15H,7-8H2,1-5H3. The molecule has 1 aliphatic rings. The van der Waals surface area contributed by atoms with Crippen LogP contribution in [0.4, 0.5) is 4.79 Å². The van der Waals surface area contributed by atoms with E-state index >= 15 is 0 Å². The van der Waals surface area contributed by atoms with Crippen molar-refractivity contribution >= 4 is 50.1 Å². The molecule has 1 saturated carbocycles. The third-order valence-corrected chi connectivity index (χ3v) is 6.17. The maximum atomic E-state index is 13.4. The molecule has 1 fully saturated rings. The van der Waals surface area contributed by atoms with Crippen LogP contribution in [0.1, 0.15) is 50.0 Å². The predicted octanol–water partition coefficient (Wildman–Crippen LogP) is 5.73. The van der Waals surface area contributed by atoms with Crippen LogP contribution in [0.2, 0.25) is 0 Å². The molecule has 0 spiro atoms. The number of carbonyl (C=O) groups excluding carboxylic acids is 2. The van der Waals surface area contributed by atoms with E-state index in [1.807, 2.05) is 39.0 Å². The number of hydrogen-bond acceptors (Lipinski definition) is 7. The van der Waals surface area contributed by atoms with E-state index in [9.17, 15) is 9.59 Å². The minimum absolute atomic E-state index is 0.192. The van der Waals surface area contributed by atoms with Crippen molar-refractivity contribution < 1.29 is 23.8 Å². The Morgan fingerprint density at radius 2 is 1.83 bits per heavy atom. The molecular weight excluding hydrogens is 516 g/mol. The van der Waals surface area contributed by atoms with Crippen molar-refractivity contribution in [2.24, 2.45) is 0 Å². The number of carbonyl (C=O) groups is 2. The van der Waals surface area contributed by atoms with Crippen molar-refractivity contribution in [3.63, 3.8) is 0 Å². The van der Waals surface area contributed by atoms with Crippen molar-refractivity contribution in [2.45, 2.75) is 45.3 Å². The Morgan fingerprint density at radius 1 is 1.09 bits per heavy atom. The molecule has 10 heteroatoms. The molecule has 9 nitrogen and oxygen atoms in total. The lowest BCUT2D eigenvalue weighted by atomic mass is 10.2. The van der Waals surface area contributed by atoms with Gasteiger partial charge in [0.2, 0.25) is 0 Å². The normalized spacial score (nSPS) is 13.9. The molecule has 3 heterocycles. The third kappa shape index (κ3) is 4.16. The number of esters is 1. The summed E-state index contributed by atoms with van der Waals surface area (Å²) >= 11 is 3.41. The van der Waals surface area contributed by atoms with Crippen LogP contribution in [0.15, 0.2) is 34.9 Å². The number of fused-ring (bicyclic) bond motifs is 2. The molecule has 4 aromatic rings. The summed E-state index contributed by atoms with van der Waals surface area (Å²) in [5.74, 6) is 0.599. The summed E-state index contributed by atoms with van der Waals surface area (Å²) in [4.78, 5) is 35.1. The molecule has 0 amide bonds. The average molecular weight is 541 g/mol. The predicted molar refractivity (Wildman–Crippen MR) is 134 cm³/mol. The van der Waals surface area contributed by atoms with Crippen LogP contribution >= 0.6 is 15.9 Å². The van der Waals surface area contributed by atoms with Gasteiger partial charge in [-0.15, -0.1) is 0 Å². The highest BCUT2D eigenvalue weighted by atomic mass is 79.9. The Balaban J connectivity index is 1.82. The van der Waals surface area contributed by atoms with E-state index in [0.717, 1.165) is 23.7 Å². The number of rotatable bonds is 4. The van der Waals surface area contributed by atoms with Gasteiger partial charge in [0.25, 0.3) is 0 Å².